The summed E-state index contributed by atoms with van der Waals surface area (Å²) in [4.78, 5) is 2.45. The number of hydrogen-bond acceptors (Lipinski definition) is 4. The van der Waals surface area contributed by atoms with Crippen molar-refractivity contribution in [1.82, 2.24) is 9.62 Å². The molecule has 1 aromatic rings. The smallest absolute Gasteiger partial charge is 0.242 e. The lowest BCUT2D eigenvalue weighted by Crippen LogP contribution is -2.34. The third-order valence-corrected chi connectivity index (χ3v) is 5.54. The van der Waals surface area contributed by atoms with E-state index in [-0.39, 0.29) is 15.8 Å². The lowest BCUT2D eigenvalue weighted by molar-refractivity contribution is 0.288. The van der Waals surface area contributed by atoms with Crippen LogP contribution in [-0.2, 0) is 10.0 Å². The van der Waals surface area contributed by atoms with Crippen LogP contribution < -0.4 is 10.5 Å². The molecule has 0 aliphatic carbocycles. The molecule has 1 aromatic carbocycles. The maximum absolute atomic E-state index is 12.3. The van der Waals surface area contributed by atoms with Gasteiger partial charge >= 0.3 is 0 Å². The highest BCUT2D eigenvalue weighted by atomic mass is 35.5. The zero-order chi connectivity index (χ0) is 15.5. The van der Waals surface area contributed by atoms with Crippen molar-refractivity contribution in [3.8, 4) is 0 Å². The van der Waals surface area contributed by atoms with Crippen molar-refractivity contribution in [3.63, 3.8) is 0 Å². The van der Waals surface area contributed by atoms with Crippen molar-refractivity contribution < 1.29 is 8.42 Å². The second kappa shape index (κ2) is 6.96. The van der Waals surface area contributed by atoms with Crippen molar-refractivity contribution in [1.29, 1.82) is 0 Å². The van der Waals surface area contributed by atoms with Crippen LogP contribution in [-0.4, -0.2) is 39.5 Å². The quantitative estimate of drug-likeness (QED) is 0.781. The standard InChI is InChI=1S/C14H22ClN3O2S/c1-11(10-18-6-2-3-7-18)9-17-21(19,20)14-5-4-12(16)8-13(14)15/h4-5,8,11,17H,2-3,6-7,9-10,16H2,1H3. The van der Waals surface area contributed by atoms with Crippen LogP contribution in [0.15, 0.2) is 23.1 Å². The monoisotopic (exact) mass is 331 g/mol. The largest absolute Gasteiger partial charge is 0.399 e. The zero-order valence-electron chi connectivity index (χ0n) is 12.2. The first-order valence-corrected chi connectivity index (χ1v) is 9.01. The van der Waals surface area contributed by atoms with Crippen molar-refractivity contribution in [2.75, 3.05) is 31.9 Å². The third kappa shape index (κ3) is 4.57. The molecule has 118 valence electrons. The lowest BCUT2D eigenvalue weighted by atomic mass is 10.2. The number of nitrogens with two attached hydrogens (primary N) is 1. The van der Waals surface area contributed by atoms with E-state index in [4.69, 9.17) is 17.3 Å². The summed E-state index contributed by atoms with van der Waals surface area (Å²) in [6, 6.07) is 4.42. The Morgan fingerprint density at radius 3 is 2.67 bits per heavy atom. The van der Waals surface area contributed by atoms with Crippen molar-refractivity contribution in [3.05, 3.63) is 23.2 Å². The molecule has 0 amide bonds. The van der Waals surface area contributed by atoms with E-state index >= 15 is 0 Å². The summed E-state index contributed by atoms with van der Waals surface area (Å²) < 4.78 is 27.1. The van der Waals surface area contributed by atoms with Crippen LogP contribution in [0.2, 0.25) is 5.02 Å². The second-order valence-corrected chi connectivity index (χ2v) is 7.80. The molecule has 0 bridgehead atoms. The number of benzene rings is 1. The molecule has 1 atom stereocenters. The van der Waals surface area contributed by atoms with Gasteiger partial charge in [0.1, 0.15) is 4.90 Å². The van der Waals surface area contributed by atoms with Crippen LogP contribution in [0.4, 0.5) is 5.69 Å². The molecule has 21 heavy (non-hydrogen) atoms. The molecule has 1 unspecified atom stereocenters. The number of sulfonamides is 1. The van der Waals surface area contributed by atoms with E-state index < -0.39 is 10.0 Å². The topological polar surface area (TPSA) is 75.4 Å². The van der Waals surface area contributed by atoms with Gasteiger partial charge in [-0.2, -0.15) is 0 Å². The molecule has 3 N–H and O–H groups in total. The van der Waals surface area contributed by atoms with E-state index in [0.717, 1.165) is 19.6 Å². The highest BCUT2D eigenvalue weighted by Gasteiger charge is 2.20. The Morgan fingerprint density at radius 2 is 2.05 bits per heavy atom. The van der Waals surface area contributed by atoms with Crippen LogP contribution >= 0.6 is 11.6 Å². The Labute approximate surface area is 131 Å². The number of nitrogen functional groups attached to an aromatic ring is 1. The fourth-order valence-corrected chi connectivity index (χ4v) is 4.25. The summed E-state index contributed by atoms with van der Waals surface area (Å²) in [6.45, 7) is 5.59. The summed E-state index contributed by atoms with van der Waals surface area (Å²) in [5, 5.41) is 0.148. The highest BCUT2D eigenvalue weighted by molar-refractivity contribution is 7.89. The highest BCUT2D eigenvalue weighted by Crippen LogP contribution is 2.23. The van der Waals surface area contributed by atoms with Crippen LogP contribution in [0.3, 0.4) is 0 Å². The lowest BCUT2D eigenvalue weighted by Gasteiger charge is -2.20. The number of anilines is 1. The molecule has 0 spiro atoms. The average Bonchev–Trinajstić information content (AvgIpc) is 2.89. The minimum atomic E-state index is -3.59. The number of halogens is 1. The normalized spacial score (nSPS) is 18.0. The van der Waals surface area contributed by atoms with Crippen LogP contribution in [0.25, 0.3) is 0 Å². The Balaban J connectivity index is 1.94. The zero-order valence-corrected chi connectivity index (χ0v) is 13.8. The Morgan fingerprint density at radius 1 is 1.38 bits per heavy atom. The van der Waals surface area contributed by atoms with Gasteiger partial charge in [0.25, 0.3) is 0 Å². The molecule has 0 radical (unpaired) electrons. The molecule has 2 rings (SSSR count). The summed E-state index contributed by atoms with van der Waals surface area (Å²) in [5.41, 5.74) is 6.02. The van der Waals surface area contributed by atoms with Gasteiger partial charge in [-0.25, -0.2) is 13.1 Å². The molecule has 0 saturated carbocycles. The number of nitrogens with one attached hydrogen (secondary N) is 1. The Bertz CT molecular complexity index is 586. The van der Waals surface area contributed by atoms with Gasteiger partial charge in [0.2, 0.25) is 10.0 Å². The summed E-state index contributed by atoms with van der Waals surface area (Å²) in [7, 11) is -3.59. The predicted molar refractivity (Wildman–Crippen MR) is 85.9 cm³/mol. The summed E-state index contributed by atoms with van der Waals surface area (Å²) in [6.07, 6.45) is 2.47. The first kappa shape index (κ1) is 16.5. The minimum absolute atomic E-state index is 0.0757. The third-order valence-electron chi connectivity index (χ3n) is 3.64. The molecule has 1 saturated heterocycles. The Hall–Kier alpha value is -0.820. The van der Waals surface area contributed by atoms with E-state index in [1.165, 1.54) is 31.0 Å². The van der Waals surface area contributed by atoms with E-state index in [1.807, 2.05) is 6.92 Å². The van der Waals surface area contributed by atoms with Gasteiger partial charge in [0, 0.05) is 18.8 Å². The van der Waals surface area contributed by atoms with Crippen LogP contribution in [0.5, 0.6) is 0 Å². The minimum Gasteiger partial charge on any atom is -0.399 e. The molecule has 0 aromatic heterocycles. The molecule has 1 aliphatic rings. The number of nitrogens with zero attached hydrogens (tertiary/aromatic N) is 1. The number of likely N-dealkylation sites (tertiary alicyclic amines) is 1. The van der Waals surface area contributed by atoms with Crippen molar-refractivity contribution >= 4 is 27.3 Å². The summed E-state index contributed by atoms with van der Waals surface area (Å²) in [5.74, 6) is 0.255. The fraction of sp³-hybridized carbons (Fsp3) is 0.571. The van der Waals surface area contributed by atoms with Gasteiger partial charge in [-0.15, -0.1) is 0 Å². The maximum Gasteiger partial charge on any atom is 0.242 e. The van der Waals surface area contributed by atoms with E-state index in [1.54, 1.807) is 0 Å². The van der Waals surface area contributed by atoms with Crippen molar-refractivity contribution in [2.45, 2.75) is 24.7 Å². The van der Waals surface area contributed by atoms with Gasteiger partial charge in [-0.1, -0.05) is 18.5 Å². The average molecular weight is 332 g/mol. The number of rotatable bonds is 6. The van der Waals surface area contributed by atoms with Gasteiger partial charge < -0.3 is 10.6 Å². The molecule has 5 nitrogen and oxygen atoms in total. The van der Waals surface area contributed by atoms with E-state index in [0.29, 0.717) is 12.2 Å². The molecular weight excluding hydrogens is 310 g/mol. The van der Waals surface area contributed by atoms with Crippen LogP contribution in [0, 0.1) is 5.92 Å². The van der Waals surface area contributed by atoms with Crippen molar-refractivity contribution in [2.24, 2.45) is 5.92 Å². The first-order valence-electron chi connectivity index (χ1n) is 7.15. The Kier molecular flexibility index (Phi) is 5.48. The fourth-order valence-electron chi connectivity index (χ4n) is 2.54. The SMILES string of the molecule is CC(CNS(=O)(=O)c1ccc(N)cc1Cl)CN1CCCC1. The van der Waals surface area contributed by atoms with E-state index in [2.05, 4.69) is 9.62 Å². The van der Waals surface area contributed by atoms with E-state index in [9.17, 15) is 8.42 Å². The molecular formula is C14H22ClN3O2S. The van der Waals surface area contributed by atoms with Gasteiger partial charge in [0.05, 0.1) is 5.02 Å². The van der Waals surface area contributed by atoms with Gasteiger partial charge in [-0.3, -0.25) is 0 Å². The molecule has 1 fully saturated rings. The molecule has 1 heterocycles. The first-order chi connectivity index (χ1) is 9.88. The van der Waals surface area contributed by atoms with Crippen LogP contribution in [0.1, 0.15) is 19.8 Å². The number of hydrogen-bond donors (Lipinski definition) is 2. The van der Waals surface area contributed by atoms with Gasteiger partial charge in [0.15, 0.2) is 0 Å². The summed E-state index contributed by atoms with van der Waals surface area (Å²) >= 11 is 5.96. The predicted octanol–water partition coefficient (Wildman–Crippen LogP) is 1.93. The second-order valence-electron chi connectivity index (χ2n) is 5.65. The molecule has 7 heteroatoms. The maximum atomic E-state index is 12.3. The van der Waals surface area contributed by atoms with Gasteiger partial charge in [-0.05, 0) is 50.0 Å². The molecule has 1 aliphatic heterocycles.